The summed E-state index contributed by atoms with van der Waals surface area (Å²) in [5, 5.41) is 7.07. The van der Waals surface area contributed by atoms with Crippen molar-refractivity contribution in [2.45, 2.75) is 32.7 Å². The van der Waals surface area contributed by atoms with Gasteiger partial charge in [-0.15, -0.1) is 0 Å². The summed E-state index contributed by atoms with van der Waals surface area (Å²) in [5.41, 5.74) is 2.26. The summed E-state index contributed by atoms with van der Waals surface area (Å²) in [6, 6.07) is 6.75. The van der Waals surface area contributed by atoms with Crippen LogP contribution >= 0.6 is 0 Å². The molecule has 0 unspecified atom stereocenters. The predicted molar refractivity (Wildman–Crippen MR) is 128 cm³/mol. The second-order valence-corrected chi connectivity index (χ2v) is 9.48. The summed E-state index contributed by atoms with van der Waals surface area (Å²) in [4.78, 5) is 23.7. The third-order valence-electron chi connectivity index (χ3n) is 5.86. The summed E-state index contributed by atoms with van der Waals surface area (Å²) in [5.74, 6) is 0.373. The van der Waals surface area contributed by atoms with Gasteiger partial charge in [-0.05, 0) is 12.1 Å². The molecule has 0 saturated carbocycles. The highest BCUT2D eigenvalue weighted by molar-refractivity contribution is 5.91. The van der Waals surface area contributed by atoms with E-state index < -0.39 is 11.7 Å². The van der Waals surface area contributed by atoms with Gasteiger partial charge in [-0.3, -0.25) is 4.79 Å². The SMILES string of the molecule is CC(C)(C)c1nc(C(=O)NCc2ccc(-c3nc(N4CCOCC4)cn4nccc34)cc2F)co1. The maximum Gasteiger partial charge on any atom is 0.273 e. The van der Waals surface area contributed by atoms with Gasteiger partial charge in [0.15, 0.2) is 11.6 Å². The molecule has 0 aliphatic carbocycles. The van der Waals surface area contributed by atoms with E-state index in [4.69, 9.17) is 14.1 Å². The molecule has 4 heterocycles. The molecule has 3 aromatic heterocycles. The molecule has 1 aliphatic heterocycles. The number of oxazole rings is 1. The quantitative estimate of drug-likeness (QED) is 0.468. The number of rotatable bonds is 5. The summed E-state index contributed by atoms with van der Waals surface area (Å²) in [7, 11) is 0. The minimum absolute atomic E-state index is 0.0198. The van der Waals surface area contributed by atoms with Gasteiger partial charge in [-0.25, -0.2) is 18.9 Å². The fourth-order valence-electron chi connectivity index (χ4n) is 3.90. The van der Waals surface area contributed by atoms with Crippen LogP contribution in [0.3, 0.4) is 0 Å². The van der Waals surface area contributed by atoms with Gasteiger partial charge in [-0.2, -0.15) is 5.10 Å². The van der Waals surface area contributed by atoms with Crippen LogP contribution in [0.5, 0.6) is 0 Å². The van der Waals surface area contributed by atoms with Crippen LogP contribution in [-0.4, -0.2) is 51.8 Å². The number of aromatic nitrogens is 4. The van der Waals surface area contributed by atoms with Crippen molar-refractivity contribution in [3.63, 3.8) is 0 Å². The number of amides is 1. The Morgan fingerprint density at radius 3 is 2.69 bits per heavy atom. The van der Waals surface area contributed by atoms with Gasteiger partial charge in [0, 0.05) is 36.2 Å². The Morgan fingerprint density at radius 2 is 1.97 bits per heavy atom. The van der Waals surface area contributed by atoms with Crippen molar-refractivity contribution in [1.29, 1.82) is 0 Å². The zero-order valence-electron chi connectivity index (χ0n) is 19.9. The first-order chi connectivity index (χ1) is 16.8. The van der Waals surface area contributed by atoms with Crippen LogP contribution in [0.25, 0.3) is 16.8 Å². The number of nitrogens with zero attached hydrogens (tertiary/aromatic N) is 5. The van der Waals surface area contributed by atoms with Crippen LogP contribution in [0.2, 0.25) is 0 Å². The molecule has 0 atom stereocenters. The third-order valence-corrected chi connectivity index (χ3v) is 5.86. The van der Waals surface area contributed by atoms with Gasteiger partial charge in [0.05, 0.1) is 36.8 Å². The van der Waals surface area contributed by atoms with Crippen LogP contribution < -0.4 is 10.2 Å². The zero-order chi connectivity index (χ0) is 24.6. The summed E-state index contributed by atoms with van der Waals surface area (Å²) in [6.45, 7) is 8.59. The third kappa shape index (κ3) is 4.74. The lowest BCUT2D eigenvalue weighted by molar-refractivity contribution is 0.0945. The maximum atomic E-state index is 15.1. The van der Waals surface area contributed by atoms with E-state index in [0.29, 0.717) is 35.9 Å². The molecule has 1 fully saturated rings. The van der Waals surface area contributed by atoms with Crippen molar-refractivity contribution in [2.75, 3.05) is 31.2 Å². The minimum Gasteiger partial charge on any atom is -0.448 e. The molecule has 10 heteroatoms. The van der Waals surface area contributed by atoms with Gasteiger partial charge in [0.2, 0.25) is 0 Å². The number of carbonyl (C=O) groups is 1. The number of halogens is 1. The van der Waals surface area contributed by atoms with E-state index in [-0.39, 0.29) is 17.7 Å². The highest BCUT2D eigenvalue weighted by atomic mass is 19.1. The lowest BCUT2D eigenvalue weighted by Gasteiger charge is -2.28. The molecule has 182 valence electrons. The highest BCUT2D eigenvalue weighted by Crippen LogP contribution is 2.28. The monoisotopic (exact) mass is 478 g/mol. The topological polar surface area (TPSA) is 97.8 Å². The van der Waals surface area contributed by atoms with Crippen molar-refractivity contribution in [3.05, 3.63) is 65.9 Å². The van der Waals surface area contributed by atoms with Gasteiger partial charge in [-0.1, -0.05) is 32.9 Å². The van der Waals surface area contributed by atoms with Gasteiger partial charge >= 0.3 is 0 Å². The molecule has 35 heavy (non-hydrogen) atoms. The molecule has 1 aromatic carbocycles. The fraction of sp³-hybridized carbons (Fsp3) is 0.360. The number of fused-ring (bicyclic) bond motifs is 1. The molecular formula is C25H27FN6O3. The van der Waals surface area contributed by atoms with E-state index in [0.717, 1.165) is 24.4 Å². The number of hydrogen-bond donors (Lipinski definition) is 1. The lowest BCUT2D eigenvalue weighted by Crippen LogP contribution is -2.37. The van der Waals surface area contributed by atoms with Crippen molar-refractivity contribution >= 4 is 17.2 Å². The average molecular weight is 479 g/mol. The van der Waals surface area contributed by atoms with Gasteiger partial charge in [0.25, 0.3) is 5.91 Å². The zero-order valence-corrected chi connectivity index (χ0v) is 19.9. The number of carbonyl (C=O) groups excluding carboxylic acids is 1. The largest absolute Gasteiger partial charge is 0.448 e. The maximum absolute atomic E-state index is 15.1. The predicted octanol–water partition coefficient (Wildman–Crippen LogP) is 3.59. The number of anilines is 1. The number of nitrogens with one attached hydrogen (secondary N) is 1. The van der Waals surface area contributed by atoms with Crippen LogP contribution in [0.4, 0.5) is 10.2 Å². The molecule has 1 aliphatic rings. The van der Waals surface area contributed by atoms with Crippen LogP contribution in [0.15, 0.2) is 47.3 Å². The number of morpholine rings is 1. The van der Waals surface area contributed by atoms with E-state index in [2.05, 4.69) is 20.3 Å². The first-order valence-electron chi connectivity index (χ1n) is 11.5. The van der Waals surface area contributed by atoms with Crippen LogP contribution in [-0.2, 0) is 16.7 Å². The average Bonchev–Trinajstić information content (AvgIpc) is 3.53. The fourth-order valence-corrected chi connectivity index (χ4v) is 3.90. The molecule has 1 saturated heterocycles. The Kier molecular flexibility index (Phi) is 5.98. The number of ether oxygens (including phenoxy) is 1. The lowest BCUT2D eigenvalue weighted by atomic mass is 9.97. The van der Waals surface area contributed by atoms with E-state index in [1.54, 1.807) is 22.8 Å². The van der Waals surface area contributed by atoms with Gasteiger partial charge in [0.1, 0.15) is 17.9 Å². The number of benzene rings is 1. The van der Waals surface area contributed by atoms with Crippen molar-refractivity contribution in [1.82, 2.24) is 24.9 Å². The first kappa shape index (κ1) is 23.0. The number of hydrogen-bond acceptors (Lipinski definition) is 7. The smallest absolute Gasteiger partial charge is 0.273 e. The molecular weight excluding hydrogens is 451 g/mol. The standard InChI is InChI=1S/C25H27FN6O3/c1-25(2,3)24-29-19(15-35-24)23(33)27-13-17-5-4-16(12-18(17)26)22-20-6-7-28-32(20)14-21(30-22)31-8-10-34-11-9-31/h4-7,12,14-15H,8-11,13H2,1-3H3,(H,27,33). The Balaban J connectivity index is 1.36. The van der Waals surface area contributed by atoms with Crippen LogP contribution in [0, 0.1) is 5.82 Å². The van der Waals surface area contributed by atoms with Crippen molar-refractivity contribution < 1.29 is 18.3 Å². The molecule has 5 rings (SSSR count). The molecule has 1 amide bonds. The van der Waals surface area contributed by atoms with E-state index in [9.17, 15) is 4.79 Å². The van der Waals surface area contributed by atoms with Crippen molar-refractivity contribution in [2.24, 2.45) is 0 Å². The normalized spacial score (nSPS) is 14.5. The molecule has 0 bridgehead atoms. The van der Waals surface area contributed by atoms with E-state index in [1.165, 1.54) is 12.3 Å². The minimum atomic E-state index is -0.436. The Labute approximate surface area is 201 Å². The Hall–Kier alpha value is -3.79. The first-order valence-corrected chi connectivity index (χ1v) is 11.5. The molecule has 9 nitrogen and oxygen atoms in total. The highest BCUT2D eigenvalue weighted by Gasteiger charge is 2.23. The molecule has 0 spiro atoms. The van der Waals surface area contributed by atoms with Crippen molar-refractivity contribution in [3.8, 4) is 11.3 Å². The van der Waals surface area contributed by atoms with E-state index in [1.807, 2.05) is 33.0 Å². The van der Waals surface area contributed by atoms with Crippen LogP contribution in [0.1, 0.15) is 42.7 Å². The molecule has 1 N–H and O–H groups in total. The second kappa shape index (κ2) is 9.10. The Morgan fingerprint density at radius 1 is 1.17 bits per heavy atom. The van der Waals surface area contributed by atoms with E-state index >= 15 is 4.39 Å². The van der Waals surface area contributed by atoms with Gasteiger partial charge < -0.3 is 19.4 Å². The second-order valence-electron chi connectivity index (χ2n) is 9.48. The molecule has 4 aromatic rings. The molecule has 0 radical (unpaired) electrons. The summed E-state index contributed by atoms with van der Waals surface area (Å²) >= 11 is 0. The summed E-state index contributed by atoms with van der Waals surface area (Å²) in [6.07, 6.45) is 4.89. The Bertz CT molecular complexity index is 1370. The summed E-state index contributed by atoms with van der Waals surface area (Å²) < 4.78 is 27.7.